The Kier molecular flexibility index (Phi) is 4.19. The molecule has 0 aliphatic rings. The highest BCUT2D eigenvalue weighted by Crippen LogP contribution is 2.22. The van der Waals surface area contributed by atoms with E-state index in [2.05, 4.69) is 10.1 Å². The lowest BCUT2D eigenvalue weighted by Crippen LogP contribution is -2.25. The van der Waals surface area contributed by atoms with Gasteiger partial charge in [-0.25, -0.2) is 4.79 Å². The van der Waals surface area contributed by atoms with E-state index in [9.17, 15) is 19.7 Å². The van der Waals surface area contributed by atoms with Crippen molar-refractivity contribution in [3.8, 4) is 0 Å². The number of nitro benzene ring substituents is 1. The maximum Gasteiger partial charge on any atom is 0.338 e. The van der Waals surface area contributed by atoms with E-state index >= 15 is 0 Å². The van der Waals surface area contributed by atoms with Crippen molar-refractivity contribution in [1.82, 2.24) is 5.32 Å². The minimum Gasteiger partial charge on any atom is -0.452 e. The zero-order valence-electron chi connectivity index (χ0n) is 9.50. The second kappa shape index (κ2) is 5.62. The summed E-state index contributed by atoms with van der Waals surface area (Å²) in [5.41, 5.74) is 4.90. The standard InChI is InChI=1S/C10H11N3O5/c1-12-9(14)5-18-10(15)6-2-3-7(11)8(4-6)13(16)17/h2-4H,5,11H2,1H3,(H,12,14). The van der Waals surface area contributed by atoms with Crippen LogP contribution in [0.1, 0.15) is 10.4 Å². The smallest absolute Gasteiger partial charge is 0.338 e. The maximum absolute atomic E-state index is 11.5. The van der Waals surface area contributed by atoms with Crippen LogP contribution in [0.3, 0.4) is 0 Å². The summed E-state index contributed by atoms with van der Waals surface area (Å²) in [4.78, 5) is 32.3. The largest absolute Gasteiger partial charge is 0.452 e. The summed E-state index contributed by atoms with van der Waals surface area (Å²) in [5.74, 6) is -1.31. The Balaban J connectivity index is 2.84. The number of anilines is 1. The van der Waals surface area contributed by atoms with E-state index in [-0.39, 0.29) is 16.9 Å². The van der Waals surface area contributed by atoms with Gasteiger partial charge >= 0.3 is 5.97 Å². The topological polar surface area (TPSA) is 125 Å². The first-order chi connectivity index (χ1) is 8.45. The number of nitrogens with zero attached hydrogens (tertiary/aromatic N) is 1. The molecule has 0 unspecified atom stereocenters. The van der Waals surface area contributed by atoms with Crippen LogP contribution in [0.4, 0.5) is 11.4 Å². The minimum atomic E-state index is -0.832. The van der Waals surface area contributed by atoms with E-state index < -0.39 is 23.4 Å². The molecule has 96 valence electrons. The average molecular weight is 253 g/mol. The number of esters is 1. The van der Waals surface area contributed by atoms with Gasteiger partial charge in [0.05, 0.1) is 10.5 Å². The minimum absolute atomic E-state index is 0.0418. The molecule has 0 spiro atoms. The van der Waals surface area contributed by atoms with E-state index in [1.165, 1.54) is 19.2 Å². The number of hydrogen-bond donors (Lipinski definition) is 2. The predicted molar refractivity (Wildman–Crippen MR) is 61.9 cm³/mol. The summed E-state index contributed by atoms with van der Waals surface area (Å²) in [5, 5.41) is 12.9. The number of nitrogens with one attached hydrogen (secondary N) is 1. The molecule has 8 nitrogen and oxygen atoms in total. The molecule has 0 radical (unpaired) electrons. The van der Waals surface area contributed by atoms with Crippen molar-refractivity contribution < 1.29 is 19.2 Å². The number of rotatable bonds is 4. The van der Waals surface area contributed by atoms with Gasteiger partial charge in [-0.1, -0.05) is 0 Å². The van der Waals surface area contributed by atoms with Crippen LogP contribution in [-0.4, -0.2) is 30.5 Å². The SMILES string of the molecule is CNC(=O)COC(=O)c1ccc(N)c([N+](=O)[O-])c1. The van der Waals surface area contributed by atoms with Crippen LogP contribution in [0.5, 0.6) is 0 Å². The molecule has 1 amide bonds. The lowest BCUT2D eigenvalue weighted by atomic mass is 10.2. The van der Waals surface area contributed by atoms with Crippen LogP contribution in [0.15, 0.2) is 18.2 Å². The Labute approximate surface area is 102 Å². The van der Waals surface area contributed by atoms with Crippen molar-refractivity contribution in [2.45, 2.75) is 0 Å². The second-order valence-electron chi connectivity index (χ2n) is 3.28. The molecule has 0 aliphatic carbocycles. The molecule has 0 atom stereocenters. The van der Waals surface area contributed by atoms with Crippen LogP contribution >= 0.6 is 0 Å². The molecule has 3 N–H and O–H groups in total. The van der Waals surface area contributed by atoms with Gasteiger partial charge in [0.2, 0.25) is 0 Å². The summed E-state index contributed by atoms with van der Waals surface area (Å²) in [6, 6.07) is 3.52. The van der Waals surface area contributed by atoms with Crippen LogP contribution in [0, 0.1) is 10.1 Å². The molecule has 0 saturated carbocycles. The first-order valence-electron chi connectivity index (χ1n) is 4.87. The number of likely N-dealkylation sites (N-methyl/N-ethyl adjacent to an activating group) is 1. The first kappa shape index (κ1) is 13.4. The molecule has 8 heteroatoms. The van der Waals surface area contributed by atoms with Gasteiger partial charge in [0.1, 0.15) is 5.69 Å². The number of nitro groups is 1. The second-order valence-corrected chi connectivity index (χ2v) is 3.28. The van der Waals surface area contributed by atoms with Crippen LogP contribution in [-0.2, 0) is 9.53 Å². The monoisotopic (exact) mass is 253 g/mol. The Morgan fingerprint density at radius 2 is 2.17 bits per heavy atom. The number of benzene rings is 1. The average Bonchev–Trinajstić information content (AvgIpc) is 2.35. The third-order valence-electron chi connectivity index (χ3n) is 2.08. The predicted octanol–water partition coefficient (Wildman–Crippen LogP) is 0.0798. The first-order valence-corrected chi connectivity index (χ1v) is 4.87. The molecule has 0 fully saturated rings. The maximum atomic E-state index is 11.5. The molecule has 18 heavy (non-hydrogen) atoms. The van der Waals surface area contributed by atoms with Gasteiger partial charge in [-0.05, 0) is 12.1 Å². The zero-order valence-corrected chi connectivity index (χ0v) is 9.50. The lowest BCUT2D eigenvalue weighted by Gasteiger charge is -2.04. The van der Waals surface area contributed by atoms with E-state index in [0.29, 0.717) is 0 Å². The highest BCUT2D eigenvalue weighted by molar-refractivity contribution is 5.92. The van der Waals surface area contributed by atoms with Gasteiger partial charge in [0.25, 0.3) is 11.6 Å². The van der Waals surface area contributed by atoms with E-state index in [1.807, 2.05) is 0 Å². The van der Waals surface area contributed by atoms with Crippen molar-refractivity contribution in [3.05, 3.63) is 33.9 Å². The van der Waals surface area contributed by atoms with E-state index in [1.54, 1.807) is 0 Å². The Hall–Kier alpha value is -2.64. The molecule has 0 saturated heterocycles. The van der Waals surface area contributed by atoms with Gasteiger partial charge in [0, 0.05) is 13.1 Å². The third kappa shape index (κ3) is 3.17. The molecular formula is C10H11N3O5. The Morgan fingerprint density at radius 1 is 1.50 bits per heavy atom. The van der Waals surface area contributed by atoms with Crippen molar-refractivity contribution >= 4 is 23.3 Å². The molecule has 0 heterocycles. The normalized spacial score (nSPS) is 9.61. The highest BCUT2D eigenvalue weighted by atomic mass is 16.6. The Bertz CT molecular complexity index is 500. The number of nitrogen functional groups attached to an aromatic ring is 1. The van der Waals surface area contributed by atoms with E-state index in [4.69, 9.17) is 5.73 Å². The molecule has 1 aromatic carbocycles. The zero-order chi connectivity index (χ0) is 13.7. The third-order valence-corrected chi connectivity index (χ3v) is 2.08. The van der Waals surface area contributed by atoms with Gasteiger partial charge in [-0.15, -0.1) is 0 Å². The summed E-state index contributed by atoms with van der Waals surface area (Å²) < 4.78 is 4.64. The van der Waals surface area contributed by atoms with Gasteiger partial charge in [-0.3, -0.25) is 14.9 Å². The van der Waals surface area contributed by atoms with Crippen molar-refractivity contribution in [1.29, 1.82) is 0 Å². The van der Waals surface area contributed by atoms with Crippen LogP contribution < -0.4 is 11.1 Å². The number of carbonyl (C=O) groups is 2. The fourth-order valence-electron chi connectivity index (χ4n) is 1.12. The summed E-state index contributed by atoms with van der Waals surface area (Å²) in [7, 11) is 1.39. The summed E-state index contributed by atoms with van der Waals surface area (Å²) in [6.45, 7) is -0.451. The van der Waals surface area contributed by atoms with Crippen LogP contribution in [0.2, 0.25) is 0 Å². The van der Waals surface area contributed by atoms with Crippen molar-refractivity contribution in [2.24, 2.45) is 0 Å². The van der Waals surface area contributed by atoms with Crippen molar-refractivity contribution in [2.75, 3.05) is 19.4 Å². The van der Waals surface area contributed by atoms with Crippen molar-refractivity contribution in [3.63, 3.8) is 0 Å². The molecule has 1 aromatic rings. The molecule has 0 aliphatic heterocycles. The number of hydrogen-bond acceptors (Lipinski definition) is 6. The van der Waals surface area contributed by atoms with Gasteiger partial charge in [-0.2, -0.15) is 0 Å². The van der Waals surface area contributed by atoms with E-state index in [0.717, 1.165) is 6.07 Å². The fraction of sp³-hybridized carbons (Fsp3) is 0.200. The highest BCUT2D eigenvalue weighted by Gasteiger charge is 2.17. The molecule has 0 bridgehead atoms. The number of carbonyl (C=O) groups excluding carboxylic acids is 2. The fourth-order valence-corrected chi connectivity index (χ4v) is 1.12. The van der Waals surface area contributed by atoms with Crippen LogP contribution in [0.25, 0.3) is 0 Å². The summed E-state index contributed by atoms with van der Waals surface area (Å²) >= 11 is 0. The Morgan fingerprint density at radius 3 is 2.72 bits per heavy atom. The van der Waals surface area contributed by atoms with Gasteiger partial charge < -0.3 is 15.8 Å². The number of amides is 1. The number of nitrogens with two attached hydrogens (primary N) is 1. The summed E-state index contributed by atoms with van der Waals surface area (Å²) in [6.07, 6.45) is 0. The van der Waals surface area contributed by atoms with Gasteiger partial charge in [0.15, 0.2) is 6.61 Å². The molecule has 0 aromatic heterocycles. The lowest BCUT2D eigenvalue weighted by molar-refractivity contribution is -0.383. The molecular weight excluding hydrogens is 242 g/mol. The number of ether oxygens (including phenoxy) is 1. The molecule has 1 rings (SSSR count). The quantitative estimate of drug-likeness (QED) is 0.339.